The monoisotopic (exact) mass is 776 g/mol. The van der Waals surface area contributed by atoms with Crippen LogP contribution in [-0.4, -0.2) is 9.97 Å². The molecular weight excluding hydrogens is 741 g/mol. The summed E-state index contributed by atoms with van der Waals surface area (Å²) in [6.07, 6.45) is 0. The van der Waals surface area contributed by atoms with Crippen LogP contribution >= 0.6 is 0 Å². The summed E-state index contributed by atoms with van der Waals surface area (Å²) >= 11 is 0. The maximum Gasteiger partial charge on any atom is 0.231 e. The summed E-state index contributed by atoms with van der Waals surface area (Å²) in [6, 6.07) is 77.5. The maximum atomic E-state index is 6.84. The van der Waals surface area contributed by atoms with Gasteiger partial charge < -0.3 is 4.42 Å². The van der Waals surface area contributed by atoms with E-state index in [1.165, 1.54) is 43.4 Å². The van der Waals surface area contributed by atoms with Crippen LogP contribution in [0.4, 0.5) is 0 Å². The van der Waals surface area contributed by atoms with E-state index in [-0.39, 0.29) is 0 Å². The first kappa shape index (κ1) is 34.9. The Labute approximate surface area is 352 Å². The quantitative estimate of drug-likeness (QED) is 0.158. The van der Waals surface area contributed by atoms with Crippen LogP contribution in [0.3, 0.4) is 0 Å². The van der Waals surface area contributed by atoms with Gasteiger partial charge in [0.2, 0.25) is 5.71 Å². The number of nitrogens with zero attached hydrogens (tertiary/aromatic N) is 2. The predicted molar refractivity (Wildman–Crippen MR) is 254 cm³/mol. The van der Waals surface area contributed by atoms with Gasteiger partial charge in [0, 0.05) is 16.5 Å². The highest BCUT2D eigenvalue weighted by molar-refractivity contribution is 6.26. The lowest BCUT2D eigenvalue weighted by atomic mass is 9.90. The third kappa shape index (κ3) is 5.90. The minimum Gasteiger partial charge on any atom is -0.438 e. The fourth-order valence-corrected chi connectivity index (χ4v) is 9.22. The number of benzene rings is 10. The lowest BCUT2D eigenvalue weighted by molar-refractivity contribution is 0.654. The highest BCUT2D eigenvalue weighted by Gasteiger charge is 2.22. The third-order valence-electron chi connectivity index (χ3n) is 12.1. The molecule has 2 aromatic heterocycles. The lowest BCUT2D eigenvalue weighted by Crippen LogP contribution is -1.97. The molecule has 0 bridgehead atoms. The molecule has 0 aliphatic carbocycles. The molecule has 3 heteroatoms. The van der Waals surface area contributed by atoms with E-state index in [0.717, 1.165) is 66.6 Å². The molecule has 0 radical (unpaired) electrons. The van der Waals surface area contributed by atoms with Gasteiger partial charge >= 0.3 is 0 Å². The van der Waals surface area contributed by atoms with E-state index < -0.39 is 0 Å². The first-order valence-corrected chi connectivity index (χ1v) is 20.7. The molecule has 0 fully saturated rings. The van der Waals surface area contributed by atoms with Crippen molar-refractivity contribution in [3.8, 4) is 67.2 Å². The Balaban J connectivity index is 1.05. The first-order chi connectivity index (χ1) is 30.2. The predicted octanol–water partition coefficient (Wildman–Crippen LogP) is 15.8. The van der Waals surface area contributed by atoms with Gasteiger partial charge in [-0.3, -0.25) is 0 Å². The topological polar surface area (TPSA) is 38.9 Å². The third-order valence-corrected chi connectivity index (χ3v) is 12.1. The Kier molecular flexibility index (Phi) is 8.17. The number of rotatable bonds is 6. The van der Waals surface area contributed by atoms with Gasteiger partial charge in [0.05, 0.1) is 11.1 Å². The van der Waals surface area contributed by atoms with Crippen molar-refractivity contribution >= 4 is 54.4 Å². The number of fused-ring (bicyclic) bond motifs is 9. The van der Waals surface area contributed by atoms with E-state index >= 15 is 0 Å². The Morgan fingerprint density at radius 3 is 1.30 bits per heavy atom. The average Bonchev–Trinajstić information content (AvgIpc) is 3.72. The fraction of sp³-hybridized carbons (Fsp3) is 0. The molecular formula is C58H36N2O. The Hall–Kier alpha value is -8.14. The van der Waals surface area contributed by atoms with Crippen molar-refractivity contribution < 1.29 is 4.42 Å². The van der Waals surface area contributed by atoms with E-state index in [0.29, 0.717) is 11.5 Å². The average molecular weight is 777 g/mol. The first-order valence-electron chi connectivity index (χ1n) is 20.7. The second-order valence-corrected chi connectivity index (χ2v) is 15.6. The molecule has 0 unspecified atom stereocenters. The molecule has 0 saturated carbocycles. The molecule has 0 aliphatic heterocycles. The van der Waals surface area contributed by atoms with Crippen LogP contribution in [0.5, 0.6) is 0 Å². The molecule has 2 heterocycles. The van der Waals surface area contributed by atoms with Crippen LogP contribution in [0, 0.1) is 0 Å². The minimum atomic E-state index is 0.559. The normalized spacial score (nSPS) is 11.6. The van der Waals surface area contributed by atoms with E-state index in [1.54, 1.807) is 0 Å². The molecule has 0 N–H and O–H groups in total. The van der Waals surface area contributed by atoms with Crippen LogP contribution in [0.25, 0.3) is 122 Å². The fourth-order valence-electron chi connectivity index (χ4n) is 9.22. The van der Waals surface area contributed by atoms with Crippen molar-refractivity contribution in [3.63, 3.8) is 0 Å². The van der Waals surface area contributed by atoms with Gasteiger partial charge in [-0.2, -0.15) is 4.98 Å². The number of furan rings is 1. The molecule has 3 nitrogen and oxygen atoms in total. The summed E-state index contributed by atoms with van der Waals surface area (Å²) < 4.78 is 6.84. The molecule has 0 saturated heterocycles. The molecule has 0 aliphatic rings. The van der Waals surface area contributed by atoms with Crippen molar-refractivity contribution in [2.24, 2.45) is 0 Å². The lowest BCUT2D eigenvalue weighted by Gasteiger charge is -2.14. The van der Waals surface area contributed by atoms with E-state index in [1.807, 2.05) is 6.07 Å². The molecule has 284 valence electrons. The van der Waals surface area contributed by atoms with Crippen LogP contribution in [-0.2, 0) is 0 Å². The van der Waals surface area contributed by atoms with Crippen molar-refractivity contribution in [3.05, 3.63) is 218 Å². The van der Waals surface area contributed by atoms with Crippen molar-refractivity contribution in [1.82, 2.24) is 9.97 Å². The number of hydrogen-bond acceptors (Lipinski definition) is 3. The summed E-state index contributed by atoms with van der Waals surface area (Å²) in [5.41, 5.74) is 13.2. The smallest absolute Gasteiger partial charge is 0.231 e. The van der Waals surface area contributed by atoms with E-state index in [9.17, 15) is 0 Å². The zero-order valence-electron chi connectivity index (χ0n) is 33.1. The summed E-state index contributed by atoms with van der Waals surface area (Å²) in [7, 11) is 0. The summed E-state index contributed by atoms with van der Waals surface area (Å²) in [5, 5.41) is 9.34. The number of hydrogen-bond donors (Lipinski definition) is 0. The van der Waals surface area contributed by atoms with Gasteiger partial charge in [0.1, 0.15) is 5.58 Å². The highest BCUT2D eigenvalue weighted by atomic mass is 16.3. The highest BCUT2D eigenvalue weighted by Crippen LogP contribution is 2.43. The Morgan fingerprint density at radius 1 is 0.279 bits per heavy atom. The molecule has 0 spiro atoms. The van der Waals surface area contributed by atoms with Crippen molar-refractivity contribution in [2.45, 2.75) is 0 Å². The van der Waals surface area contributed by atoms with Crippen LogP contribution in [0.15, 0.2) is 223 Å². The Morgan fingerprint density at radius 2 is 0.705 bits per heavy atom. The molecule has 12 rings (SSSR count). The summed E-state index contributed by atoms with van der Waals surface area (Å²) in [5.74, 6) is 0.619. The zero-order chi connectivity index (χ0) is 40.3. The van der Waals surface area contributed by atoms with Gasteiger partial charge in [0.25, 0.3) is 0 Å². The van der Waals surface area contributed by atoms with Crippen molar-refractivity contribution in [2.75, 3.05) is 0 Å². The molecule has 10 aromatic carbocycles. The minimum absolute atomic E-state index is 0.559. The zero-order valence-corrected chi connectivity index (χ0v) is 33.1. The summed E-state index contributed by atoms with van der Waals surface area (Å²) in [6.45, 7) is 0. The van der Waals surface area contributed by atoms with Gasteiger partial charge in [-0.15, -0.1) is 0 Å². The number of aromatic nitrogens is 2. The van der Waals surface area contributed by atoms with Crippen LogP contribution < -0.4 is 0 Å². The van der Waals surface area contributed by atoms with E-state index in [4.69, 9.17) is 14.4 Å². The second kappa shape index (κ2) is 14.3. The largest absolute Gasteiger partial charge is 0.438 e. The van der Waals surface area contributed by atoms with Crippen molar-refractivity contribution in [1.29, 1.82) is 0 Å². The molecule has 0 atom stereocenters. The Bertz CT molecular complexity index is 3610. The SMILES string of the molecule is c1ccc(-c2ccc3c4ccc(-c5ccc6c(c5)oc5nc(-c7ccccc7-c7ccccc7)nc(-c7ccccc7-c7ccccc7)c56)cc4c4ccccc4c3c2)cc1. The van der Waals surface area contributed by atoms with Gasteiger partial charge in [-0.1, -0.05) is 194 Å². The van der Waals surface area contributed by atoms with Crippen LogP contribution in [0.2, 0.25) is 0 Å². The molecule has 61 heavy (non-hydrogen) atoms. The molecule has 0 amide bonds. The second-order valence-electron chi connectivity index (χ2n) is 15.6. The van der Waals surface area contributed by atoms with E-state index in [2.05, 4.69) is 212 Å². The van der Waals surface area contributed by atoms with Gasteiger partial charge in [-0.25, -0.2) is 4.98 Å². The maximum absolute atomic E-state index is 6.84. The standard InChI is InChI=1S/C58H36N2O/c1-4-16-37(17-5-1)40-28-31-47-48-32-29-41(35-53(48)46-25-13-12-24-45(46)52(47)34-40)42-30-33-51-54(36-42)61-58-55(51)56(49-26-14-10-22-43(49)38-18-6-2-7-19-38)59-57(60-58)50-27-15-11-23-44(50)39-20-8-3-9-21-39/h1-36H. The summed E-state index contributed by atoms with van der Waals surface area (Å²) in [4.78, 5) is 10.7. The van der Waals surface area contributed by atoms with Crippen LogP contribution in [0.1, 0.15) is 0 Å². The molecule has 12 aromatic rings. The van der Waals surface area contributed by atoms with Gasteiger partial charge in [0.15, 0.2) is 5.82 Å². The van der Waals surface area contributed by atoms with Gasteiger partial charge in [-0.05, 0) is 101 Å².